The Morgan fingerprint density at radius 1 is 1.13 bits per heavy atom. The summed E-state index contributed by atoms with van der Waals surface area (Å²) in [6, 6.07) is 9.27. The van der Waals surface area contributed by atoms with Crippen LogP contribution in [0, 0.1) is 5.92 Å². The number of nitrogens with zero attached hydrogens (tertiary/aromatic N) is 5. The number of benzene rings is 1. The van der Waals surface area contributed by atoms with Crippen molar-refractivity contribution in [2.75, 3.05) is 29.9 Å². The number of carbonyl (C=O) groups excluding carboxylic acids is 2. The van der Waals surface area contributed by atoms with Crippen molar-refractivity contribution in [1.82, 2.24) is 20.1 Å². The third-order valence-electron chi connectivity index (χ3n) is 8.81. The highest BCUT2D eigenvalue weighted by Crippen LogP contribution is 2.39. The molecule has 9 heteroatoms. The molecule has 3 aliphatic rings. The summed E-state index contributed by atoms with van der Waals surface area (Å²) in [5.74, 6) is 0.241. The van der Waals surface area contributed by atoms with Gasteiger partial charge in [-0.05, 0) is 93.6 Å². The lowest BCUT2D eigenvalue weighted by Gasteiger charge is -2.40. The standard InChI is InChI=1S/C29H39N7O2/c1-4-24(37)18-20-6-5-15-36(19(20)2)28-32-27(25(26(30)38)33-34-28)31-22-9-7-21(8-10-22)29(3)13-16-35(17-14-29)23-11-12-23/h4,7-10,19-20,23H,1,5-6,11-18H2,2-3H3,(H2,30,38)(H,31,32,34)/t19-,20+/m1/s1. The third-order valence-corrected chi connectivity index (χ3v) is 8.81. The van der Waals surface area contributed by atoms with Crippen LogP contribution in [0.1, 0.15) is 74.8 Å². The lowest BCUT2D eigenvalue weighted by molar-refractivity contribution is -0.115. The van der Waals surface area contributed by atoms with E-state index in [0.29, 0.717) is 12.4 Å². The second kappa shape index (κ2) is 10.8. The molecule has 1 aromatic heterocycles. The van der Waals surface area contributed by atoms with Gasteiger partial charge in [0.25, 0.3) is 5.91 Å². The van der Waals surface area contributed by atoms with E-state index >= 15 is 0 Å². The molecule has 3 N–H and O–H groups in total. The maximum absolute atomic E-state index is 12.1. The summed E-state index contributed by atoms with van der Waals surface area (Å²) in [5.41, 5.74) is 7.91. The van der Waals surface area contributed by atoms with E-state index in [1.165, 1.54) is 24.5 Å². The van der Waals surface area contributed by atoms with Crippen LogP contribution < -0.4 is 16.0 Å². The van der Waals surface area contributed by atoms with Crippen molar-refractivity contribution in [2.24, 2.45) is 11.7 Å². The Labute approximate surface area is 224 Å². The molecule has 2 aromatic rings. The van der Waals surface area contributed by atoms with E-state index in [-0.39, 0.29) is 34.7 Å². The molecule has 1 saturated carbocycles. The first-order chi connectivity index (χ1) is 18.3. The van der Waals surface area contributed by atoms with Crippen LogP contribution in [0.3, 0.4) is 0 Å². The zero-order valence-corrected chi connectivity index (χ0v) is 22.5. The van der Waals surface area contributed by atoms with Gasteiger partial charge >= 0.3 is 0 Å². The predicted molar refractivity (Wildman–Crippen MR) is 149 cm³/mol. The van der Waals surface area contributed by atoms with Crippen LogP contribution in [0.15, 0.2) is 36.9 Å². The number of amides is 1. The zero-order valence-electron chi connectivity index (χ0n) is 22.5. The number of anilines is 3. The summed E-state index contributed by atoms with van der Waals surface area (Å²) >= 11 is 0. The number of carbonyl (C=O) groups is 2. The topological polar surface area (TPSA) is 117 Å². The number of ketones is 1. The maximum Gasteiger partial charge on any atom is 0.273 e. The summed E-state index contributed by atoms with van der Waals surface area (Å²) in [5, 5.41) is 11.6. The van der Waals surface area contributed by atoms with Crippen molar-refractivity contribution in [3.63, 3.8) is 0 Å². The molecule has 5 rings (SSSR count). The van der Waals surface area contributed by atoms with E-state index in [2.05, 4.69) is 62.9 Å². The van der Waals surface area contributed by atoms with E-state index < -0.39 is 5.91 Å². The number of aromatic nitrogens is 3. The molecule has 3 fully saturated rings. The van der Waals surface area contributed by atoms with Crippen LogP contribution in [0.2, 0.25) is 0 Å². The maximum atomic E-state index is 12.1. The van der Waals surface area contributed by atoms with Gasteiger partial charge in [-0.2, -0.15) is 4.98 Å². The smallest absolute Gasteiger partial charge is 0.273 e. The van der Waals surface area contributed by atoms with Crippen molar-refractivity contribution >= 4 is 29.1 Å². The molecule has 202 valence electrons. The minimum Gasteiger partial charge on any atom is -0.364 e. The lowest BCUT2D eigenvalue weighted by atomic mass is 9.74. The van der Waals surface area contributed by atoms with Crippen molar-refractivity contribution in [3.8, 4) is 0 Å². The van der Waals surface area contributed by atoms with E-state index in [1.54, 1.807) is 0 Å². The van der Waals surface area contributed by atoms with Gasteiger partial charge in [0.2, 0.25) is 5.95 Å². The highest BCUT2D eigenvalue weighted by Gasteiger charge is 2.37. The van der Waals surface area contributed by atoms with Gasteiger partial charge in [0.15, 0.2) is 17.3 Å². The Hall–Kier alpha value is -3.33. The second-order valence-corrected chi connectivity index (χ2v) is 11.4. The van der Waals surface area contributed by atoms with E-state index in [9.17, 15) is 9.59 Å². The highest BCUT2D eigenvalue weighted by atomic mass is 16.1. The molecule has 1 amide bonds. The van der Waals surface area contributed by atoms with Crippen LogP contribution in [-0.2, 0) is 10.2 Å². The quantitative estimate of drug-likeness (QED) is 0.480. The number of nitrogens with two attached hydrogens (primary N) is 1. The number of primary amides is 1. The largest absolute Gasteiger partial charge is 0.364 e. The summed E-state index contributed by atoms with van der Waals surface area (Å²) in [6.07, 6.45) is 8.75. The van der Waals surface area contributed by atoms with E-state index in [0.717, 1.165) is 57.0 Å². The van der Waals surface area contributed by atoms with Crippen molar-refractivity contribution in [1.29, 1.82) is 0 Å². The van der Waals surface area contributed by atoms with Crippen LogP contribution in [0.4, 0.5) is 17.5 Å². The fraction of sp³-hybridized carbons (Fsp3) is 0.552. The summed E-state index contributed by atoms with van der Waals surface area (Å²) in [4.78, 5) is 33.5. The van der Waals surface area contributed by atoms with Gasteiger partial charge in [-0.15, -0.1) is 10.2 Å². The summed E-state index contributed by atoms with van der Waals surface area (Å²) in [7, 11) is 0. The molecular formula is C29H39N7O2. The van der Waals surface area contributed by atoms with E-state index in [4.69, 9.17) is 5.73 Å². The molecule has 2 atom stereocenters. The Balaban J connectivity index is 1.32. The highest BCUT2D eigenvalue weighted by molar-refractivity contribution is 5.96. The minimum atomic E-state index is -0.688. The molecular weight excluding hydrogens is 478 g/mol. The first-order valence-corrected chi connectivity index (χ1v) is 13.9. The molecule has 3 heterocycles. The molecule has 38 heavy (non-hydrogen) atoms. The third kappa shape index (κ3) is 5.57. The summed E-state index contributed by atoms with van der Waals surface area (Å²) in [6.45, 7) is 11.1. The van der Waals surface area contributed by atoms with Gasteiger partial charge in [-0.3, -0.25) is 9.59 Å². The molecule has 2 aliphatic heterocycles. The van der Waals surface area contributed by atoms with Gasteiger partial charge in [0, 0.05) is 30.7 Å². The van der Waals surface area contributed by atoms with Crippen LogP contribution in [-0.4, -0.2) is 63.5 Å². The van der Waals surface area contributed by atoms with E-state index in [1.807, 2.05) is 12.1 Å². The average Bonchev–Trinajstić information content (AvgIpc) is 3.76. The van der Waals surface area contributed by atoms with Crippen molar-refractivity contribution in [3.05, 3.63) is 48.2 Å². The number of nitrogens with one attached hydrogen (secondary N) is 1. The lowest BCUT2D eigenvalue weighted by Crippen LogP contribution is -2.45. The molecule has 0 radical (unpaired) electrons. The number of hydrogen-bond acceptors (Lipinski definition) is 8. The Morgan fingerprint density at radius 3 is 2.47 bits per heavy atom. The Bertz CT molecular complexity index is 1190. The molecule has 1 aliphatic carbocycles. The summed E-state index contributed by atoms with van der Waals surface area (Å²) < 4.78 is 0. The first kappa shape index (κ1) is 26.3. The first-order valence-electron chi connectivity index (χ1n) is 13.9. The van der Waals surface area contributed by atoms with Crippen LogP contribution in [0.5, 0.6) is 0 Å². The Morgan fingerprint density at radius 2 is 1.84 bits per heavy atom. The number of likely N-dealkylation sites (tertiary alicyclic amines) is 1. The predicted octanol–water partition coefficient (Wildman–Crippen LogP) is 3.98. The molecule has 0 spiro atoms. The van der Waals surface area contributed by atoms with Crippen molar-refractivity contribution < 1.29 is 9.59 Å². The van der Waals surface area contributed by atoms with Crippen molar-refractivity contribution in [2.45, 2.75) is 76.3 Å². The van der Waals surface area contributed by atoms with Crippen LogP contribution in [0.25, 0.3) is 0 Å². The second-order valence-electron chi connectivity index (χ2n) is 11.4. The van der Waals surface area contributed by atoms with Gasteiger partial charge in [0.05, 0.1) is 0 Å². The molecule has 1 aromatic carbocycles. The number of allylic oxidation sites excluding steroid dienone is 1. The molecule has 0 bridgehead atoms. The average molecular weight is 518 g/mol. The van der Waals surface area contributed by atoms with Gasteiger partial charge in [-0.25, -0.2) is 0 Å². The van der Waals surface area contributed by atoms with Gasteiger partial charge in [-0.1, -0.05) is 25.6 Å². The zero-order chi connectivity index (χ0) is 26.9. The fourth-order valence-electron chi connectivity index (χ4n) is 6.02. The van der Waals surface area contributed by atoms with Crippen LogP contribution >= 0.6 is 0 Å². The van der Waals surface area contributed by atoms with Gasteiger partial charge in [0.1, 0.15) is 0 Å². The number of rotatable bonds is 9. The fourth-order valence-corrected chi connectivity index (χ4v) is 6.02. The number of piperidine rings is 2. The Kier molecular flexibility index (Phi) is 7.47. The molecule has 9 nitrogen and oxygen atoms in total. The molecule has 2 saturated heterocycles. The normalized spacial score (nSPS) is 23.6. The van der Waals surface area contributed by atoms with Gasteiger partial charge < -0.3 is 20.9 Å². The number of hydrogen-bond donors (Lipinski definition) is 2. The SMILES string of the molecule is C=CC(=O)C[C@@H]1CCCN(c2nnc(C(N)=O)c(Nc3ccc(C4(C)CCN(C5CC5)CC4)cc3)n2)[C@@H]1C. The minimum absolute atomic E-state index is 0.000263. The monoisotopic (exact) mass is 517 g/mol. The molecule has 0 unspecified atom stereocenters.